The van der Waals surface area contributed by atoms with E-state index in [0.29, 0.717) is 16.3 Å². The molecule has 156 valence electrons. The molecule has 0 atom stereocenters. The van der Waals surface area contributed by atoms with Crippen LogP contribution in [-0.2, 0) is 6.54 Å². The molecule has 30 heavy (non-hydrogen) atoms. The number of urea groups is 1. The van der Waals surface area contributed by atoms with Crippen molar-refractivity contribution in [2.45, 2.75) is 52.1 Å². The summed E-state index contributed by atoms with van der Waals surface area (Å²) in [6.07, 6.45) is 4.09. The number of hydrogen-bond acceptors (Lipinski definition) is 2. The number of fused-ring (bicyclic) bond motifs is 1. The van der Waals surface area contributed by atoms with E-state index >= 15 is 0 Å². The van der Waals surface area contributed by atoms with E-state index in [2.05, 4.69) is 22.4 Å². The molecule has 6 heteroatoms. The largest absolute Gasteiger partial charge is 0.322 e. The molecule has 0 spiro atoms. The number of amides is 2. The van der Waals surface area contributed by atoms with Crippen molar-refractivity contribution in [1.29, 1.82) is 0 Å². The molecule has 2 N–H and O–H groups in total. The van der Waals surface area contributed by atoms with Gasteiger partial charge in [-0.3, -0.25) is 4.79 Å². The molecule has 2 aromatic carbocycles. The number of aromatic nitrogens is 1. The normalized spacial score (nSPS) is 14.2. The predicted octanol–water partition coefficient (Wildman–Crippen LogP) is 5.78. The van der Waals surface area contributed by atoms with Crippen molar-refractivity contribution < 1.29 is 4.79 Å². The topological polar surface area (TPSA) is 65.2 Å². The van der Waals surface area contributed by atoms with Crippen LogP contribution in [0, 0.1) is 13.8 Å². The molecule has 1 fully saturated rings. The number of carbonyl (C=O) groups excluding carboxylic acids is 1. The number of aromatic amines is 1. The Morgan fingerprint density at radius 2 is 1.93 bits per heavy atom. The molecule has 1 saturated carbocycles. The van der Waals surface area contributed by atoms with Crippen LogP contribution in [-0.4, -0.2) is 22.0 Å². The molecule has 5 nitrogen and oxygen atoms in total. The van der Waals surface area contributed by atoms with Crippen LogP contribution in [0.3, 0.4) is 0 Å². The summed E-state index contributed by atoms with van der Waals surface area (Å²) < 4.78 is 0. The third kappa shape index (κ3) is 4.36. The van der Waals surface area contributed by atoms with Crippen molar-refractivity contribution in [3.05, 3.63) is 74.5 Å². The summed E-state index contributed by atoms with van der Waals surface area (Å²) in [6, 6.07) is 13.1. The quantitative estimate of drug-likeness (QED) is 0.559. The first-order chi connectivity index (χ1) is 14.4. The highest BCUT2D eigenvalue weighted by molar-refractivity contribution is 6.30. The molecule has 2 amide bonds. The van der Waals surface area contributed by atoms with Crippen LogP contribution in [0.4, 0.5) is 10.5 Å². The molecule has 1 aliphatic carbocycles. The zero-order chi connectivity index (χ0) is 21.3. The summed E-state index contributed by atoms with van der Waals surface area (Å²) >= 11 is 6.06. The first-order valence-corrected chi connectivity index (χ1v) is 10.7. The minimum absolute atomic E-state index is 0.124. The van der Waals surface area contributed by atoms with E-state index in [4.69, 9.17) is 11.6 Å². The molecule has 1 aromatic heterocycles. The van der Waals surface area contributed by atoms with E-state index in [-0.39, 0.29) is 24.2 Å². The molecule has 3 aromatic rings. The maximum Gasteiger partial charge on any atom is 0.322 e. The first-order valence-electron chi connectivity index (χ1n) is 10.4. The highest BCUT2D eigenvalue weighted by Gasteiger charge is 2.28. The number of benzene rings is 2. The average molecular weight is 424 g/mol. The highest BCUT2D eigenvalue weighted by atomic mass is 35.5. The predicted molar refractivity (Wildman–Crippen MR) is 122 cm³/mol. The number of halogens is 1. The number of H-pyrrole nitrogens is 1. The molecule has 0 unspecified atom stereocenters. The minimum Gasteiger partial charge on any atom is -0.321 e. The zero-order valence-electron chi connectivity index (χ0n) is 17.3. The summed E-state index contributed by atoms with van der Waals surface area (Å²) in [5.41, 5.74) is 4.14. The first kappa shape index (κ1) is 20.5. The number of hydrogen-bond donors (Lipinski definition) is 2. The average Bonchev–Trinajstić information content (AvgIpc) is 3.21. The Morgan fingerprint density at radius 3 is 2.67 bits per heavy atom. The zero-order valence-corrected chi connectivity index (χ0v) is 18.1. The maximum absolute atomic E-state index is 13.2. The minimum atomic E-state index is -0.205. The number of pyridine rings is 1. The molecular formula is C24H26ClN3O2. The highest BCUT2D eigenvalue weighted by Crippen LogP contribution is 2.26. The fraction of sp³-hybridized carbons (Fsp3) is 0.333. The molecule has 1 heterocycles. The van der Waals surface area contributed by atoms with Gasteiger partial charge in [-0.25, -0.2) is 4.79 Å². The van der Waals surface area contributed by atoms with Crippen LogP contribution in [0.1, 0.15) is 42.4 Å². The van der Waals surface area contributed by atoms with Gasteiger partial charge in [0.05, 0.1) is 12.1 Å². The van der Waals surface area contributed by atoms with Crippen molar-refractivity contribution in [2.75, 3.05) is 5.32 Å². The van der Waals surface area contributed by atoms with Gasteiger partial charge >= 0.3 is 6.03 Å². The summed E-state index contributed by atoms with van der Waals surface area (Å²) in [4.78, 5) is 30.8. The van der Waals surface area contributed by atoms with Crippen molar-refractivity contribution in [2.24, 2.45) is 0 Å². The molecule has 0 bridgehead atoms. The summed E-state index contributed by atoms with van der Waals surface area (Å²) in [5, 5.41) is 4.50. The SMILES string of the molecule is Cc1cc(C)c2[nH]c(=O)c(CN(C(=O)Nc3cccc(Cl)c3)C3CCCC3)cc2c1. The molecule has 1 aliphatic rings. The van der Waals surface area contributed by atoms with Gasteiger partial charge in [0, 0.05) is 22.3 Å². The third-order valence-corrected chi connectivity index (χ3v) is 6.05. The van der Waals surface area contributed by atoms with Crippen LogP contribution < -0.4 is 10.9 Å². The summed E-state index contributed by atoms with van der Waals surface area (Å²) in [7, 11) is 0. The Hall–Kier alpha value is -2.79. The number of nitrogens with one attached hydrogen (secondary N) is 2. The van der Waals surface area contributed by atoms with E-state index in [0.717, 1.165) is 47.7 Å². The Morgan fingerprint density at radius 1 is 1.17 bits per heavy atom. The number of aryl methyl sites for hydroxylation is 2. The number of anilines is 1. The Bertz CT molecular complexity index is 1150. The van der Waals surface area contributed by atoms with Gasteiger partial charge in [0.15, 0.2) is 0 Å². The van der Waals surface area contributed by atoms with Crippen LogP contribution in [0.15, 0.2) is 47.3 Å². The Balaban J connectivity index is 1.66. The Labute approximate surface area is 181 Å². The smallest absolute Gasteiger partial charge is 0.321 e. The monoisotopic (exact) mass is 423 g/mol. The van der Waals surface area contributed by atoms with Crippen molar-refractivity contribution in [3.8, 4) is 0 Å². The fourth-order valence-corrected chi connectivity index (χ4v) is 4.57. The summed E-state index contributed by atoms with van der Waals surface area (Å²) in [5.74, 6) is 0. The van der Waals surface area contributed by atoms with Crippen LogP contribution in [0.5, 0.6) is 0 Å². The van der Waals surface area contributed by atoms with Gasteiger partial charge in [-0.1, -0.05) is 42.1 Å². The number of carbonyl (C=O) groups is 1. The third-order valence-electron chi connectivity index (χ3n) is 5.81. The van der Waals surface area contributed by atoms with Crippen molar-refractivity contribution >= 4 is 34.2 Å². The van der Waals surface area contributed by atoms with E-state index in [1.54, 1.807) is 23.1 Å². The van der Waals surface area contributed by atoms with Gasteiger partial charge in [-0.2, -0.15) is 0 Å². The molecule has 0 saturated heterocycles. The van der Waals surface area contributed by atoms with E-state index < -0.39 is 0 Å². The summed E-state index contributed by atoms with van der Waals surface area (Å²) in [6.45, 7) is 4.31. The molecular weight excluding hydrogens is 398 g/mol. The lowest BCUT2D eigenvalue weighted by Gasteiger charge is -2.29. The van der Waals surface area contributed by atoms with E-state index in [1.807, 2.05) is 26.0 Å². The van der Waals surface area contributed by atoms with E-state index in [1.165, 1.54) is 0 Å². The van der Waals surface area contributed by atoms with Crippen LogP contribution in [0.25, 0.3) is 10.9 Å². The standard InChI is InChI=1S/C24H26ClN3O2/c1-15-10-16(2)22-17(11-15)12-18(23(29)27-22)14-28(21-8-3-4-9-21)24(30)26-20-7-5-6-19(25)13-20/h5-7,10-13,21H,3-4,8-9,14H2,1-2H3,(H,26,30)(H,27,29). The maximum atomic E-state index is 13.2. The lowest BCUT2D eigenvalue weighted by molar-refractivity contribution is 0.184. The van der Waals surface area contributed by atoms with Crippen molar-refractivity contribution in [3.63, 3.8) is 0 Å². The number of nitrogens with zero attached hydrogens (tertiary/aromatic N) is 1. The lowest BCUT2D eigenvalue weighted by atomic mass is 10.0. The lowest BCUT2D eigenvalue weighted by Crippen LogP contribution is -2.42. The fourth-order valence-electron chi connectivity index (χ4n) is 4.38. The van der Waals surface area contributed by atoms with Crippen molar-refractivity contribution in [1.82, 2.24) is 9.88 Å². The molecule has 4 rings (SSSR count). The van der Waals surface area contributed by atoms with Gasteiger partial charge in [0.1, 0.15) is 0 Å². The van der Waals surface area contributed by atoms with Gasteiger partial charge in [0.25, 0.3) is 5.56 Å². The second-order valence-corrected chi connectivity index (χ2v) is 8.61. The number of rotatable bonds is 4. The molecule has 0 radical (unpaired) electrons. The van der Waals surface area contributed by atoms with Gasteiger partial charge in [0.2, 0.25) is 0 Å². The molecule has 0 aliphatic heterocycles. The van der Waals surface area contributed by atoms with E-state index in [9.17, 15) is 9.59 Å². The van der Waals surface area contributed by atoms with Gasteiger partial charge < -0.3 is 15.2 Å². The Kier molecular flexibility index (Phi) is 5.82. The van der Waals surface area contributed by atoms with Crippen LogP contribution >= 0.6 is 11.6 Å². The second kappa shape index (κ2) is 8.52. The second-order valence-electron chi connectivity index (χ2n) is 8.18. The van der Waals surface area contributed by atoms with Gasteiger partial charge in [-0.15, -0.1) is 0 Å². The van der Waals surface area contributed by atoms with Crippen LogP contribution in [0.2, 0.25) is 5.02 Å². The van der Waals surface area contributed by atoms with Gasteiger partial charge in [-0.05, 0) is 68.0 Å².